The number of hydrogen-bond donors (Lipinski definition) is 3. The molecule has 2 saturated heterocycles. The average molecular weight is 245 g/mol. The molecule has 4 nitrogen and oxygen atoms in total. The van der Waals surface area contributed by atoms with Gasteiger partial charge in [-0.3, -0.25) is 4.79 Å². The predicted molar refractivity (Wildman–Crippen MR) is 63.7 cm³/mol. The molecule has 5 heteroatoms. The van der Waals surface area contributed by atoms with Crippen LogP contribution in [0.25, 0.3) is 0 Å². The maximum absolute atomic E-state index is 11.6. The molecule has 2 rings (SSSR count). The molecular formula is C11H19NO3S. The van der Waals surface area contributed by atoms with Gasteiger partial charge in [-0.1, -0.05) is 0 Å². The normalized spacial score (nSPS) is 34.6. The van der Waals surface area contributed by atoms with E-state index < -0.39 is 17.0 Å². The molecule has 1 atom stereocenters. The summed E-state index contributed by atoms with van der Waals surface area (Å²) in [6.45, 7) is 1.39. The Labute approximate surface area is 99.8 Å². The van der Waals surface area contributed by atoms with Crippen molar-refractivity contribution < 1.29 is 15.0 Å². The smallest absolute Gasteiger partial charge is 0.312 e. The van der Waals surface area contributed by atoms with Crippen molar-refractivity contribution in [3.8, 4) is 0 Å². The van der Waals surface area contributed by atoms with Crippen LogP contribution in [0.1, 0.15) is 25.7 Å². The van der Waals surface area contributed by atoms with Gasteiger partial charge in [-0.25, -0.2) is 0 Å². The van der Waals surface area contributed by atoms with Gasteiger partial charge in [-0.05, 0) is 44.5 Å². The number of rotatable bonds is 2. The van der Waals surface area contributed by atoms with E-state index in [1.807, 2.05) is 0 Å². The molecule has 0 radical (unpaired) electrons. The van der Waals surface area contributed by atoms with E-state index >= 15 is 0 Å². The van der Waals surface area contributed by atoms with Crippen LogP contribution in [0.4, 0.5) is 0 Å². The van der Waals surface area contributed by atoms with Gasteiger partial charge in [-0.15, -0.1) is 0 Å². The molecule has 0 aromatic heterocycles. The molecule has 2 aliphatic heterocycles. The SMILES string of the molecule is O=C(O)C1(C2(O)CCCSC2)CCNCC1. The fourth-order valence-corrected chi connectivity index (χ4v) is 4.14. The first-order valence-electron chi connectivity index (χ1n) is 5.85. The van der Waals surface area contributed by atoms with Gasteiger partial charge in [0, 0.05) is 5.75 Å². The minimum absolute atomic E-state index is 0.541. The molecule has 0 bridgehead atoms. The fourth-order valence-electron chi connectivity index (χ4n) is 2.89. The van der Waals surface area contributed by atoms with Crippen LogP contribution in [-0.2, 0) is 4.79 Å². The van der Waals surface area contributed by atoms with E-state index in [-0.39, 0.29) is 0 Å². The molecular weight excluding hydrogens is 226 g/mol. The van der Waals surface area contributed by atoms with Gasteiger partial charge in [-0.2, -0.15) is 11.8 Å². The number of nitrogens with one attached hydrogen (secondary N) is 1. The largest absolute Gasteiger partial charge is 0.481 e. The Morgan fingerprint density at radius 2 is 1.94 bits per heavy atom. The third-order valence-corrected chi connectivity index (χ3v) is 5.24. The standard InChI is InChI=1S/C11H19NO3S/c13-9(14)10(3-5-12-6-4-10)11(15)2-1-7-16-8-11/h12,15H,1-8H2,(H,13,14). The highest BCUT2D eigenvalue weighted by molar-refractivity contribution is 7.99. The molecule has 0 aromatic carbocycles. The van der Waals surface area contributed by atoms with Crippen LogP contribution in [-0.4, -0.2) is 46.4 Å². The summed E-state index contributed by atoms with van der Waals surface area (Å²) in [5.41, 5.74) is -1.93. The number of carboxylic acid groups (broad SMARTS) is 1. The summed E-state index contributed by atoms with van der Waals surface area (Å²) in [5, 5.41) is 23.4. The first-order chi connectivity index (χ1) is 7.61. The number of piperidine rings is 1. The number of aliphatic carboxylic acids is 1. The second kappa shape index (κ2) is 4.55. The molecule has 0 aliphatic carbocycles. The summed E-state index contributed by atoms with van der Waals surface area (Å²) in [4.78, 5) is 11.6. The maximum atomic E-state index is 11.6. The number of carboxylic acids is 1. The van der Waals surface area contributed by atoms with Crippen LogP contribution >= 0.6 is 11.8 Å². The van der Waals surface area contributed by atoms with Crippen LogP contribution in [0, 0.1) is 5.41 Å². The molecule has 2 fully saturated rings. The van der Waals surface area contributed by atoms with Gasteiger partial charge in [0.1, 0.15) is 0 Å². The summed E-state index contributed by atoms with van der Waals surface area (Å²) < 4.78 is 0. The van der Waals surface area contributed by atoms with Crippen LogP contribution in [0.3, 0.4) is 0 Å². The topological polar surface area (TPSA) is 69.6 Å². The second-order valence-corrected chi connectivity index (χ2v) is 5.93. The summed E-state index contributed by atoms with van der Waals surface area (Å²) in [6.07, 6.45) is 2.63. The van der Waals surface area contributed by atoms with E-state index in [9.17, 15) is 15.0 Å². The Bertz CT molecular complexity index is 270. The quantitative estimate of drug-likeness (QED) is 0.668. The number of thioether (sulfide) groups is 1. The predicted octanol–water partition coefficient (Wildman–Crippen LogP) is 0.699. The van der Waals surface area contributed by atoms with Crippen LogP contribution in [0.15, 0.2) is 0 Å². The van der Waals surface area contributed by atoms with E-state index in [0.717, 1.165) is 12.2 Å². The minimum atomic E-state index is -1.01. The zero-order valence-electron chi connectivity index (χ0n) is 9.37. The summed E-state index contributed by atoms with van der Waals surface area (Å²) >= 11 is 1.68. The van der Waals surface area contributed by atoms with Crippen molar-refractivity contribution in [1.29, 1.82) is 0 Å². The van der Waals surface area contributed by atoms with Gasteiger partial charge in [0.2, 0.25) is 0 Å². The highest BCUT2D eigenvalue weighted by atomic mass is 32.2. The lowest BCUT2D eigenvalue weighted by Crippen LogP contribution is -2.60. The molecule has 0 amide bonds. The van der Waals surface area contributed by atoms with Crippen LogP contribution in [0.5, 0.6) is 0 Å². The van der Waals surface area contributed by atoms with Crippen molar-refractivity contribution in [2.75, 3.05) is 24.6 Å². The van der Waals surface area contributed by atoms with E-state index in [4.69, 9.17) is 0 Å². The highest BCUT2D eigenvalue weighted by Gasteiger charge is 2.56. The Hall–Kier alpha value is -0.260. The van der Waals surface area contributed by atoms with Crippen molar-refractivity contribution in [1.82, 2.24) is 5.32 Å². The zero-order chi connectivity index (χ0) is 11.6. The lowest BCUT2D eigenvalue weighted by atomic mass is 9.65. The third kappa shape index (κ3) is 1.85. The van der Waals surface area contributed by atoms with Crippen molar-refractivity contribution in [3.05, 3.63) is 0 Å². The number of aliphatic hydroxyl groups is 1. The number of carbonyl (C=O) groups is 1. The van der Waals surface area contributed by atoms with E-state index in [2.05, 4.69) is 5.32 Å². The number of hydrogen-bond acceptors (Lipinski definition) is 4. The fraction of sp³-hybridized carbons (Fsp3) is 0.909. The van der Waals surface area contributed by atoms with Crippen molar-refractivity contribution >= 4 is 17.7 Å². The minimum Gasteiger partial charge on any atom is -0.481 e. The van der Waals surface area contributed by atoms with Gasteiger partial charge < -0.3 is 15.5 Å². The first kappa shape index (κ1) is 12.2. The zero-order valence-corrected chi connectivity index (χ0v) is 10.2. The summed E-state index contributed by atoms with van der Waals surface area (Å²) in [5.74, 6) is 0.786. The Kier molecular flexibility index (Phi) is 3.47. The highest BCUT2D eigenvalue weighted by Crippen LogP contribution is 2.46. The lowest BCUT2D eigenvalue weighted by Gasteiger charge is -2.48. The molecule has 3 N–H and O–H groups in total. The van der Waals surface area contributed by atoms with Gasteiger partial charge in [0.05, 0.1) is 11.0 Å². The van der Waals surface area contributed by atoms with Gasteiger partial charge >= 0.3 is 5.97 Å². The molecule has 1 unspecified atom stereocenters. The maximum Gasteiger partial charge on any atom is 0.312 e. The molecule has 16 heavy (non-hydrogen) atoms. The first-order valence-corrected chi connectivity index (χ1v) is 7.00. The Morgan fingerprint density at radius 1 is 1.25 bits per heavy atom. The average Bonchev–Trinajstić information content (AvgIpc) is 2.30. The third-order valence-electron chi connectivity index (χ3n) is 3.98. The van der Waals surface area contributed by atoms with E-state index in [1.165, 1.54) is 0 Å². The second-order valence-electron chi connectivity index (χ2n) is 4.82. The Balaban J connectivity index is 2.26. The molecule has 0 aromatic rings. The van der Waals surface area contributed by atoms with Crippen molar-refractivity contribution in [2.24, 2.45) is 5.41 Å². The molecule has 0 saturated carbocycles. The Morgan fingerprint density at radius 3 is 2.44 bits per heavy atom. The summed E-state index contributed by atoms with van der Waals surface area (Å²) in [6, 6.07) is 0. The van der Waals surface area contributed by atoms with Crippen molar-refractivity contribution in [3.63, 3.8) is 0 Å². The monoisotopic (exact) mass is 245 g/mol. The summed E-state index contributed by atoms with van der Waals surface area (Å²) in [7, 11) is 0. The van der Waals surface area contributed by atoms with Crippen molar-refractivity contribution in [2.45, 2.75) is 31.3 Å². The van der Waals surface area contributed by atoms with E-state index in [1.54, 1.807) is 11.8 Å². The molecule has 2 heterocycles. The van der Waals surface area contributed by atoms with Crippen LogP contribution in [0.2, 0.25) is 0 Å². The lowest BCUT2D eigenvalue weighted by molar-refractivity contribution is -0.172. The van der Waals surface area contributed by atoms with E-state index in [0.29, 0.717) is 38.1 Å². The van der Waals surface area contributed by atoms with Crippen LogP contribution < -0.4 is 5.32 Å². The van der Waals surface area contributed by atoms with Gasteiger partial charge in [0.25, 0.3) is 0 Å². The molecule has 2 aliphatic rings. The molecule has 0 spiro atoms. The van der Waals surface area contributed by atoms with Gasteiger partial charge in [0.15, 0.2) is 0 Å². The molecule has 92 valence electrons.